The summed E-state index contributed by atoms with van der Waals surface area (Å²) in [4.78, 5) is 6.32. The average Bonchev–Trinajstić information content (AvgIpc) is 2.23. The van der Waals surface area contributed by atoms with Crippen LogP contribution in [0.3, 0.4) is 0 Å². The lowest BCUT2D eigenvalue weighted by atomic mass is 10.1. The van der Waals surface area contributed by atoms with Crippen LogP contribution in [0.4, 0.5) is 11.6 Å². The molecule has 6 heteroatoms. The molecule has 0 aromatic carbocycles. The average molecular weight is 285 g/mol. The molecule has 0 aliphatic rings. The van der Waals surface area contributed by atoms with Crippen LogP contribution in [-0.2, 0) is 9.84 Å². The molecule has 0 saturated heterocycles. The standard InChI is InChI=1S/C13H23N3O2S/c1-13(2,3)15-11-7-6-8-12(14-11)16(4)9-10-19(5,17)18/h6-8H,9-10H2,1-5H3,(H,14,15). The van der Waals surface area contributed by atoms with Crippen LogP contribution in [0.1, 0.15) is 20.8 Å². The molecule has 0 aliphatic heterocycles. The Kier molecular flexibility index (Phi) is 4.79. The van der Waals surface area contributed by atoms with Crippen molar-refractivity contribution in [2.75, 3.05) is 35.8 Å². The molecule has 1 rings (SSSR count). The van der Waals surface area contributed by atoms with E-state index in [4.69, 9.17) is 0 Å². The monoisotopic (exact) mass is 285 g/mol. The lowest BCUT2D eigenvalue weighted by Crippen LogP contribution is -2.28. The minimum atomic E-state index is -2.95. The molecule has 1 aromatic heterocycles. The first-order valence-electron chi connectivity index (χ1n) is 6.21. The molecule has 0 amide bonds. The van der Waals surface area contributed by atoms with E-state index in [1.165, 1.54) is 6.26 Å². The second kappa shape index (κ2) is 5.77. The van der Waals surface area contributed by atoms with Gasteiger partial charge in [-0.2, -0.15) is 0 Å². The molecule has 1 heterocycles. The van der Waals surface area contributed by atoms with Gasteiger partial charge >= 0.3 is 0 Å². The molecule has 0 fully saturated rings. The minimum absolute atomic E-state index is 0.0586. The molecule has 5 nitrogen and oxygen atoms in total. The highest BCUT2D eigenvalue weighted by Crippen LogP contribution is 2.16. The zero-order chi connectivity index (χ0) is 14.7. The van der Waals surface area contributed by atoms with E-state index in [0.29, 0.717) is 6.54 Å². The van der Waals surface area contributed by atoms with Gasteiger partial charge in [-0.3, -0.25) is 0 Å². The van der Waals surface area contributed by atoms with Crippen molar-refractivity contribution in [3.05, 3.63) is 18.2 Å². The van der Waals surface area contributed by atoms with Gasteiger partial charge in [0.05, 0.1) is 5.75 Å². The van der Waals surface area contributed by atoms with Gasteiger partial charge in [-0.1, -0.05) is 6.07 Å². The first-order chi connectivity index (χ1) is 8.57. The molecule has 0 spiro atoms. The van der Waals surface area contributed by atoms with Crippen molar-refractivity contribution in [3.8, 4) is 0 Å². The largest absolute Gasteiger partial charge is 0.365 e. The summed E-state index contributed by atoms with van der Waals surface area (Å²) in [5.41, 5.74) is -0.0586. The van der Waals surface area contributed by atoms with Crippen LogP contribution >= 0.6 is 0 Å². The number of nitrogens with one attached hydrogen (secondary N) is 1. The number of hydrogen-bond donors (Lipinski definition) is 1. The number of rotatable bonds is 5. The van der Waals surface area contributed by atoms with Crippen molar-refractivity contribution in [3.63, 3.8) is 0 Å². The molecular weight excluding hydrogens is 262 g/mol. The predicted molar refractivity (Wildman–Crippen MR) is 80.6 cm³/mol. The van der Waals surface area contributed by atoms with Crippen LogP contribution < -0.4 is 10.2 Å². The topological polar surface area (TPSA) is 62.3 Å². The summed E-state index contributed by atoms with van der Waals surface area (Å²) < 4.78 is 22.3. The highest BCUT2D eigenvalue weighted by molar-refractivity contribution is 7.90. The molecule has 108 valence electrons. The summed E-state index contributed by atoms with van der Waals surface area (Å²) in [6, 6.07) is 5.68. The van der Waals surface area contributed by atoms with E-state index < -0.39 is 9.84 Å². The van der Waals surface area contributed by atoms with Crippen molar-refractivity contribution in [2.24, 2.45) is 0 Å². The summed E-state index contributed by atoms with van der Waals surface area (Å²) >= 11 is 0. The quantitative estimate of drug-likeness (QED) is 0.893. The lowest BCUT2D eigenvalue weighted by Gasteiger charge is -2.23. The highest BCUT2D eigenvalue weighted by atomic mass is 32.2. The van der Waals surface area contributed by atoms with Crippen molar-refractivity contribution >= 4 is 21.5 Å². The van der Waals surface area contributed by atoms with Crippen molar-refractivity contribution in [1.82, 2.24) is 4.98 Å². The van der Waals surface area contributed by atoms with Crippen LogP contribution in [0.5, 0.6) is 0 Å². The fourth-order valence-electron chi connectivity index (χ4n) is 1.51. The van der Waals surface area contributed by atoms with Crippen molar-refractivity contribution in [1.29, 1.82) is 0 Å². The number of anilines is 2. The maximum absolute atomic E-state index is 11.2. The van der Waals surface area contributed by atoms with Crippen LogP contribution in [0.15, 0.2) is 18.2 Å². The first-order valence-corrected chi connectivity index (χ1v) is 8.27. The Morgan fingerprint density at radius 3 is 2.47 bits per heavy atom. The van der Waals surface area contributed by atoms with Gasteiger partial charge in [-0.15, -0.1) is 0 Å². The molecular formula is C13H23N3O2S. The third-order valence-corrected chi connectivity index (χ3v) is 3.35. The van der Waals surface area contributed by atoms with E-state index >= 15 is 0 Å². The second-order valence-corrected chi connectivity index (χ2v) is 8.07. The lowest BCUT2D eigenvalue weighted by molar-refractivity contribution is 0.601. The Hall–Kier alpha value is -1.30. The SMILES string of the molecule is CN(CCS(C)(=O)=O)c1cccc(NC(C)(C)C)n1. The molecule has 0 bridgehead atoms. The number of pyridine rings is 1. The molecule has 1 aromatic rings. The normalized spacial score (nSPS) is 12.3. The first kappa shape index (κ1) is 15.8. The maximum Gasteiger partial charge on any atom is 0.149 e. The van der Waals surface area contributed by atoms with Crippen LogP contribution in [0, 0.1) is 0 Å². The third-order valence-electron chi connectivity index (χ3n) is 2.43. The molecule has 19 heavy (non-hydrogen) atoms. The van der Waals surface area contributed by atoms with Gasteiger partial charge in [0.1, 0.15) is 21.5 Å². The van der Waals surface area contributed by atoms with Gasteiger partial charge in [-0.25, -0.2) is 13.4 Å². The predicted octanol–water partition coefficient (Wildman–Crippen LogP) is 1.77. The molecule has 0 radical (unpaired) electrons. The van der Waals surface area contributed by atoms with Crippen LogP contribution in [-0.4, -0.2) is 44.5 Å². The number of nitrogens with zero attached hydrogens (tertiary/aromatic N) is 2. The van der Waals surface area contributed by atoms with E-state index in [2.05, 4.69) is 31.1 Å². The highest BCUT2D eigenvalue weighted by Gasteiger charge is 2.12. The number of hydrogen-bond acceptors (Lipinski definition) is 5. The zero-order valence-electron chi connectivity index (χ0n) is 12.3. The van der Waals surface area contributed by atoms with Gasteiger partial charge in [0.2, 0.25) is 0 Å². The zero-order valence-corrected chi connectivity index (χ0v) is 13.1. The molecule has 0 atom stereocenters. The second-order valence-electron chi connectivity index (χ2n) is 5.81. The Morgan fingerprint density at radius 2 is 1.95 bits per heavy atom. The van der Waals surface area contributed by atoms with E-state index in [9.17, 15) is 8.42 Å². The summed E-state index contributed by atoms with van der Waals surface area (Å²) in [5.74, 6) is 1.68. The number of sulfone groups is 1. The Bertz CT molecular complexity index is 521. The summed E-state index contributed by atoms with van der Waals surface area (Å²) in [7, 11) is -1.11. The van der Waals surface area contributed by atoms with Crippen LogP contribution in [0.2, 0.25) is 0 Å². The van der Waals surface area contributed by atoms with E-state index in [0.717, 1.165) is 11.6 Å². The van der Waals surface area contributed by atoms with E-state index in [-0.39, 0.29) is 11.3 Å². The smallest absolute Gasteiger partial charge is 0.149 e. The summed E-state index contributed by atoms with van der Waals surface area (Å²) in [6.45, 7) is 6.63. The Balaban J connectivity index is 2.76. The van der Waals surface area contributed by atoms with Gasteiger partial charge in [0.15, 0.2) is 0 Å². The van der Waals surface area contributed by atoms with E-state index in [1.807, 2.05) is 30.1 Å². The molecule has 0 saturated carbocycles. The minimum Gasteiger partial charge on any atom is -0.365 e. The maximum atomic E-state index is 11.2. The Labute approximate surface area is 116 Å². The summed E-state index contributed by atoms with van der Waals surface area (Å²) in [6.07, 6.45) is 1.24. The van der Waals surface area contributed by atoms with Gasteiger partial charge in [0, 0.05) is 25.4 Å². The molecule has 1 N–H and O–H groups in total. The van der Waals surface area contributed by atoms with Crippen molar-refractivity contribution in [2.45, 2.75) is 26.3 Å². The number of aromatic nitrogens is 1. The fraction of sp³-hybridized carbons (Fsp3) is 0.615. The van der Waals surface area contributed by atoms with Gasteiger partial charge in [0.25, 0.3) is 0 Å². The fourth-order valence-corrected chi connectivity index (χ4v) is 2.11. The van der Waals surface area contributed by atoms with Gasteiger partial charge in [-0.05, 0) is 32.9 Å². The molecule has 0 unspecified atom stereocenters. The molecule has 0 aliphatic carbocycles. The summed E-state index contributed by atoms with van der Waals surface area (Å²) in [5, 5.41) is 3.29. The Morgan fingerprint density at radius 1 is 1.32 bits per heavy atom. The van der Waals surface area contributed by atoms with Crippen LogP contribution in [0.25, 0.3) is 0 Å². The van der Waals surface area contributed by atoms with Crippen molar-refractivity contribution < 1.29 is 8.42 Å². The third kappa shape index (κ3) is 6.42. The van der Waals surface area contributed by atoms with Gasteiger partial charge < -0.3 is 10.2 Å². The van der Waals surface area contributed by atoms with E-state index in [1.54, 1.807) is 0 Å².